The van der Waals surface area contributed by atoms with Crippen molar-refractivity contribution in [3.63, 3.8) is 0 Å². The molecule has 10 nitrogen and oxygen atoms in total. The first-order chi connectivity index (χ1) is 20.2. The Morgan fingerprint density at radius 1 is 1.26 bits per heavy atom. The number of halogens is 2. The van der Waals surface area contributed by atoms with Gasteiger partial charge in [0.05, 0.1) is 16.4 Å². The first-order valence-electron chi connectivity index (χ1n) is 14.2. The van der Waals surface area contributed by atoms with Gasteiger partial charge in [0, 0.05) is 54.9 Å². The highest BCUT2D eigenvalue weighted by Gasteiger charge is 2.22. The summed E-state index contributed by atoms with van der Waals surface area (Å²) in [4.78, 5) is 20.3. The molecule has 3 atom stereocenters. The Hall–Kier alpha value is -3.77. The Balaban J connectivity index is 1.35. The Morgan fingerprint density at radius 2 is 2.05 bits per heavy atom. The molecular weight excluding hydrogens is 557 g/mol. The van der Waals surface area contributed by atoms with Crippen molar-refractivity contribution in [2.45, 2.75) is 50.7 Å². The fraction of sp³-hybridized carbons (Fsp3) is 0.367. The average molecular weight is 594 g/mol. The molecule has 0 aliphatic carbocycles. The summed E-state index contributed by atoms with van der Waals surface area (Å²) in [5.41, 5.74) is 14.7. The zero-order valence-corrected chi connectivity index (χ0v) is 24.3. The first kappa shape index (κ1) is 29.7. The number of H-pyrrole nitrogens is 1. The third kappa shape index (κ3) is 6.99. The van der Waals surface area contributed by atoms with Gasteiger partial charge in [0.15, 0.2) is 11.8 Å². The predicted molar refractivity (Wildman–Crippen MR) is 166 cm³/mol. The van der Waals surface area contributed by atoms with E-state index in [1.807, 2.05) is 31.2 Å². The van der Waals surface area contributed by atoms with Gasteiger partial charge in [0.25, 0.3) is 0 Å². The Labute approximate surface area is 248 Å². The highest BCUT2D eigenvalue weighted by Crippen LogP contribution is 2.31. The minimum Gasteiger partial charge on any atom is -0.370 e. The standard InChI is InChI=1S/C30H37ClFN9O/c1-17(33)3-2-4-18-11-23(27(32)24(31)12-18)25-13-20-16-41(30(42)40-28(20)39-25)22-7-5-19(6-8-22)26-15-36-14-21(38-26)9-10-37-29(34)35/h5-8,11-13,16-17,21,26,36,38H,2-4,9-10,14-15,33H2,1H3,(H4,34,35,37)(H,39,40,42)/t17-,21+,26-/m0/s1. The maximum atomic E-state index is 15.1. The van der Waals surface area contributed by atoms with Crippen molar-refractivity contribution >= 4 is 28.6 Å². The molecule has 9 N–H and O–H groups in total. The van der Waals surface area contributed by atoms with Crippen molar-refractivity contribution in [3.05, 3.63) is 81.1 Å². The Morgan fingerprint density at radius 3 is 2.79 bits per heavy atom. The third-order valence-electron chi connectivity index (χ3n) is 7.57. The number of aromatic nitrogens is 3. The fourth-order valence-corrected chi connectivity index (χ4v) is 5.63. The lowest BCUT2D eigenvalue weighted by molar-refractivity contribution is 0.330. The van der Waals surface area contributed by atoms with Crippen LogP contribution in [0.3, 0.4) is 0 Å². The van der Waals surface area contributed by atoms with Crippen LogP contribution in [0, 0.1) is 11.2 Å². The number of nitrogens with two attached hydrogens (primary N) is 2. The molecule has 12 heteroatoms. The molecule has 1 aliphatic rings. The highest BCUT2D eigenvalue weighted by molar-refractivity contribution is 6.31. The van der Waals surface area contributed by atoms with Gasteiger partial charge in [-0.05, 0) is 74.1 Å². The molecule has 0 unspecified atom stereocenters. The van der Waals surface area contributed by atoms with Crippen LogP contribution >= 0.6 is 11.6 Å². The molecule has 5 rings (SSSR count). The second-order valence-corrected chi connectivity index (χ2v) is 11.4. The number of nitrogens with zero attached hydrogens (tertiary/aromatic N) is 2. The minimum atomic E-state index is -0.520. The highest BCUT2D eigenvalue weighted by atomic mass is 35.5. The second-order valence-electron chi connectivity index (χ2n) is 11.0. The van der Waals surface area contributed by atoms with Gasteiger partial charge in [-0.25, -0.2) is 9.18 Å². The van der Waals surface area contributed by atoms with Crippen LogP contribution in [-0.2, 0) is 6.42 Å². The molecule has 0 saturated carbocycles. The van der Waals surface area contributed by atoms with E-state index in [0.29, 0.717) is 34.5 Å². The molecule has 0 amide bonds. The van der Waals surface area contributed by atoms with Gasteiger partial charge in [-0.15, -0.1) is 0 Å². The van der Waals surface area contributed by atoms with Gasteiger partial charge in [0.2, 0.25) is 0 Å². The molecule has 0 radical (unpaired) electrons. The molecular formula is C30H37ClFN9O. The van der Waals surface area contributed by atoms with E-state index in [-0.39, 0.29) is 29.1 Å². The van der Waals surface area contributed by atoms with Crippen molar-refractivity contribution in [2.24, 2.45) is 11.5 Å². The average Bonchev–Trinajstić information content (AvgIpc) is 3.37. The number of guanidine groups is 1. The van der Waals surface area contributed by atoms with Crippen LogP contribution in [0.1, 0.15) is 43.4 Å². The van der Waals surface area contributed by atoms with Crippen molar-refractivity contribution in [2.75, 3.05) is 19.6 Å². The van der Waals surface area contributed by atoms with Crippen LogP contribution in [0.2, 0.25) is 5.02 Å². The summed E-state index contributed by atoms with van der Waals surface area (Å²) < 4.78 is 16.6. The number of aryl methyl sites for hydroxylation is 1. The number of rotatable bonds is 10. The number of hydrogen-bond donors (Lipinski definition) is 7. The summed E-state index contributed by atoms with van der Waals surface area (Å²) in [7, 11) is 0. The molecule has 42 heavy (non-hydrogen) atoms. The smallest absolute Gasteiger partial charge is 0.354 e. The first-order valence-corrected chi connectivity index (χ1v) is 14.6. The van der Waals surface area contributed by atoms with Crippen LogP contribution < -0.4 is 33.1 Å². The monoisotopic (exact) mass is 593 g/mol. The predicted octanol–water partition coefficient (Wildman–Crippen LogP) is 3.32. The molecule has 1 fully saturated rings. The molecule has 0 bridgehead atoms. The van der Waals surface area contributed by atoms with Crippen molar-refractivity contribution in [1.29, 1.82) is 5.41 Å². The Kier molecular flexibility index (Phi) is 9.22. The van der Waals surface area contributed by atoms with Crippen LogP contribution in [0.15, 0.2) is 53.5 Å². The van der Waals surface area contributed by atoms with E-state index >= 15 is 4.39 Å². The lowest BCUT2D eigenvalue weighted by Crippen LogP contribution is -2.51. The van der Waals surface area contributed by atoms with Crippen molar-refractivity contribution in [3.8, 4) is 16.9 Å². The van der Waals surface area contributed by atoms with Gasteiger partial charge >= 0.3 is 5.69 Å². The lowest BCUT2D eigenvalue weighted by atomic mass is 10.0. The van der Waals surface area contributed by atoms with E-state index in [4.69, 9.17) is 28.5 Å². The van der Waals surface area contributed by atoms with Gasteiger partial charge < -0.3 is 32.4 Å². The number of hydrogen-bond acceptors (Lipinski definition) is 6. The van der Waals surface area contributed by atoms with E-state index in [9.17, 15) is 4.79 Å². The minimum absolute atomic E-state index is 0.0285. The number of nitrogens with one attached hydrogen (secondary N) is 5. The molecule has 1 aliphatic heterocycles. The number of fused-ring (bicyclic) bond motifs is 1. The summed E-state index contributed by atoms with van der Waals surface area (Å²) in [6, 6.07) is 13.5. The topological polar surface area (TPSA) is 163 Å². The quantitative estimate of drug-likeness (QED) is 0.110. The summed E-state index contributed by atoms with van der Waals surface area (Å²) >= 11 is 6.24. The van der Waals surface area contributed by atoms with Gasteiger partial charge in [-0.2, -0.15) is 4.98 Å². The molecule has 4 aromatic rings. The SMILES string of the molecule is C[C@H](N)CCCc1cc(Cl)c(F)c(-c2cc3cn(-c4ccc([C@@H]5CNC[C@@H](CCNC(=N)N)N5)cc4)c(=O)nc3[nH]2)c1. The summed E-state index contributed by atoms with van der Waals surface area (Å²) in [6.45, 7) is 4.20. The third-order valence-corrected chi connectivity index (χ3v) is 7.84. The van der Waals surface area contributed by atoms with Crippen molar-refractivity contribution < 1.29 is 4.39 Å². The zero-order valence-electron chi connectivity index (χ0n) is 23.5. The molecule has 2 aromatic carbocycles. The largest absolute Gasteiger partial charge is 0.370 e. The Bertz CT molecular complexity index is 1620. The maximum absolute atomic E-state index is 15.1. The van der Waals surface area contributed by atoms with Crippen LogP contribution in [-0.4, -0.2) is 52.2 Å². The number of aromatic amines is 1. The summed E-state index contributed by atoms with van der Waals surface area (Å²) in [5, 5.41) is 18.0. The molecule has 2 aromatic heterocycles. The number of benzene rings is 2. The summed E-state index contributed by atoms with van der Waals surface area (Å²) in [5.74, 6) is -0.549. The molecule has 1 saturated heterocycles. The van der Waals surface area contributed by atoms with Gasteiger partial charge in [-0.1, -0.05) is 23.7 Å². The summed E-state index contributed by atoms with van der Waals surface area (Å²) in [6.07, 6.45) is 5.01. The number of piperazine rings is 1. The van der Waals surface area contributed by atoms with Gasteiger partial charge in [0.1, 0.15) is 5.65 Å². The van der Waals surface area contributed by atoms with E-state index in [1.54, 1.807) is 24.4 Å². The zero-order chi connectivity index (χ0) is 29.8. The fourth-order valence-electron chi connectivity index (χ4n) is 5.39. The molecule has 3 heterocycles. The van der Waals surface area contributed by atoms with Gasteiger partial charge in [-0.3, -0.25) is 9.98 Å². The van der Waals surface area contributed by atoms with E-state index in [0.717, 1.165) is 49.9 Å². The van der Waals surface area contributed by atoms with Crippen LogP contribution in [0.25, 0.3) is 28.0 Å². The van der Waals surface area contributed by atoms with E-state index in [1.165, 1.54) is 4.57 Å². The lowest BCUT2D eigenvalue weighted by Gasteiger charge is -2.32. The van der Waals surface area contributed by atoms with Crippen LogP contribution in [0.4, 0.5) is 4.39 Å². The molecule has 0 spiro atoms. The molecule has 222 valence electrons. The maximum Gasteiger partial charge on any atom is 0.354 e. The normalized spacial score (nSPS) is 17.8. The van der Waals surface area contributed by atoms with E-state index < -0.39 is 11.5 Å². The van der Waals surface area contributed by atoms with E-state index in [2.05, 4.69) is 25.9 Å². The van der Waals surface area contributed by atoms with Crippen molar-refractivity contribution in [1.82, 2.24) is 30.5 Å². The second kappa shape index (κ2) is 13.0. The van der Waals surface area contributed by atoms with Crippen LogP contribution in [0.5, 0.6) is 0 Å².